The van der Waals surface area contributed by atoms with E-state index in [0.29, 0.717) is 19.6 Å². The first-order chi connectivity index (χ1) is 9.01. The van der Waals surface area contributed by atoms with Crippen LogP contribution in [0.25, 0.3) is 0 Å². The number of amides is 2. The van der Waals surface area contributed by atoms with Gasteiger partial charge < -0.3 is 20.5 Å². The molecule has 110 valence electrons. The van der Waals surface area contributed by atoms with Gasteiger partial charge in [-0.05, 0) is 32.1 Å². The van der Waals surface area contributed by atoms with Gasteiger partial charge >= 0.3 is 12.0 Å². The van der Waals surface area contributed by atoms with Gasteiger partial charge in [-0.2, -0.15) is 0 Å². The lowest BCUT2D eigenvalue weighted by molar-refractivity contribution is -0.137. The second kappa shape index (κ2) is 7.99. The Kier molecular flexibility index (Phi) is 6.62. The maximum atomic E-state index is 11.6. The van der Waals surface area contributed by atoms with Crippen LogP contribution in [0.15, 0.2) is 0 Å². The fourth-order valence-corrected chi connectivity index (χ4v) is 2.03. The molecule has 0 spiro atoms. The molecule has 0 saturated heterocycles. The zero-order chi connectivity index (χ0) is 14.3. The third-order valence-corrected chi connectivity index (χ3v) is 3.29. The molecule has 0 heterocycles. The number of hydrogen-bond acceptors (Lipinski definition) is 3. The molecule has 0 aromatic carbocycles. The van der Waals surface area contributed by atoms with E-state index in [2.05, 4.69) is 10.6 Å². The van der Waals surface area contributed by atoms with Crippen molar-refractivity contribution in [2.45, 2.75) is 51.7 Å². The average Bonchev–Trinajstić information content (AvgIpc) is 2.31. The zero-order valence-electron chi connectivity index (χ0n) is 11.6. The fraction of sp³-hybridized carbons (Fsp3) is 0.846. The molecule has 0 bridgehead atoms. The molecule has 19 heavy (non-hydrogen) atoms. The third-order valence-electron chi connectivity index (χ3n) is 3.29. The first-order valence-corrected chi connectivity index (χ1v) is 6.89. The van der Waals surface area contributed by atoms with Crippen LogP contribution in [0.2, 0.25) is 0 Å². The van der Waals surface area contributed by atoms with E-state index in [0.717, 1.165) is 12.8 Å². The van der Waals surface area contributed by atoms with E-state index >= 15 is 0 Å². The molecule has 1 fully saturated rings. The van der Waals surface area contributed by atoms with Crippen molar-refractivity contribution in [2.24, 2.45) is 5.92 Å². The first-order valence-electron chi connectivity index (χ1n) is 6.89. The van der Waals surface area contributed by atoms with Crippen LogP contribution in [0.1, 0.15) is 39.5 Å². The molecule has 3 N–H and O–H groups in total. The summed E-state index contributed by atoms with van der Waals surface area (Å²) in [4.78, 5) is 22.0. The van der Waals surface area contributed by atoms with Crippen molar-refractivity contribution < 1.29 is 19.4 Å². The molecule has 0 aromatic heterocycles. The Labute approximate surface area is 113 Å². The van der Waals surface area contributed by atoms with Gasteiger partial charge in [-0.1, -0.05) is 6.92 Å². The summed E-state index contributed by atoms with van der Waals surface area (Å²) in [5.74, 6) is -0.632. The van der Waals surface area contributed by atoms with Crippen molar-refractivity contribution in [3.63, 3.8) is 0 Å². The highest BCUT2D eigenvalue weighted by Gasteiger charge is 2.30. The fourth-order valence-electron chi connectivity index (χ4n) is 2.03. The minimum Gasteiger partial charge on any atom is -0.481 e. The number of carbonyl (C=O) groups excluding carboxylic acids is 1. The highest BCUT2D eigenvalue weighted by molar-refractivity contribution is 5.74. The highest BCUT2D eigenvalue weighted by Crippen LogP contribution is 2.22. The monoisotopic (exact) mass is 272 g/mol. The maximum absolute atomic E-state index is 11.6. The summed E-state index contributed by atoms with van der Waals surface area (Å²) in [6.07, 6.45) is 2.74. The van der Waals surface area contributed by atoms with Crippen molar-refractivity contribution in [3.8, 4) is 0 Å². The van der Waals surface area contributed by atoms with Crippen molar-refractivity contribution in [3.05, 3.63) is 0 Å². The molecule has 2 amide bonds. The van der Waals surface area contributed by atoms with Gasteiger partial charge in [-0.25, -0.2) is 4.79 Å². The van der Waals surface area contributed by atoms with E-state index in [4.69, 9.17) is 9.84 Å². The van der Waals surface area contributed by atoms with Crippen molar-refractivity contribution in [2.75, 3.05) is 13.2 Å². The van der Waals surface area contributed by atoms with Crippen LogP contribution >= 0.6 is 0 Å². The van der Waals surface area contributed by atoms with Gasteiger partial charge in [0.1, 0.15) is 0 Å². The zero-order valence-corrected chi connectivity index (χ0v) is 11.6. The number of hydrogen-bond donors (Lipinski definition) is 3. The second-order valence-corrected chi connectivity index (χ2v) is 5.14. The van der Waals surface area contributed by atoms with E-state index < -0.39 is 5.97 Å². The van der Waals surface area contributed by atoms with Gasteiger partial charge in [0.2, 0.25) is 0 Å². The highest BCUT2D eigenvalue weighted by atomic mass is 16.5. The van der Waals surface area contributed by atoms with Crippen LogP contribution in [0.3, 0.4) is 0 Å². The Morgan fingerprint density at radius 2 is 2.11 bits per heavy atom. The molecule has 0 radical (unpaired) electrons. The molecule has 1 saturated carbocycles. The third kappa shape index (κ3) is 6.42. The van der Waals surface area contributed by atoms with E-state index in [1.807, 2.05) is 13.8 Å². The van der Waals surface area contributed by atoms with Crippen molar-refractivity contribution in [1.82, 2.24) is 10.6 Å². The van der Waals surface area contributed by atoms with Crippen LogP contribution in [0, 0.1) is 5.92 Å². The SMILES string of the molecule is CCOC1CC(NC(=O)NCC(C)CCC(=O)O)C1. The molecule has 1 aliphatic rings. The number of aliphatic carboxylic acids is 1. The molecule has 0 aromatic rings. The summed E-state index contributed by atoms with van der Waals surface area (Å²) in [5, 5.41) is 14.2. The summed E-state index contributed by atoms with van der Waals surface area (Å²) in [6, 6.07) is 0.0213. The molecule has 6 heteroatoms. The van der Waals surface area contributed by atoms with Crippen LogP contribution in [-0.2, 0) is 9.53 Å². The smallest absolute Gasteiger partial charge is 0.315 e. The standard InChI is InChI=1S/C13H24N2O4/c1-3-19-11-6-10(7-11)15-13(18)14-8-9(2)4-5-12(16)17/h9-11H,3-8H2,1-2H3,(H,16,17)(H2,14,15,18). The molecular weight excluding hydrogens is 248 g/mol. The lowest BCUT2D eigenvalue weighted by Crippen LogP contribution is -2.51. The van der Waals surface area contributed by atoms with Crippen molar-refractivity contribution >= 4 is 12.0 Å². The predicted octanol–water partition coefficient (Wildman–Crippen LogP) is 1.35. The number of rotatable bonds is 8. The molecule has 1 unspecified atom stereocenters. The van der Waals surface area contributed by atoms with E-state index in [1.54, 1.807) is 0 Å². The Morgan fingerprint density at radius 3 is 2.68 bits per heavy atom. The minimum atomic E-state index is -0.798. The lowest BCUT2D eigenvalue weighted by atomic mass is 9.89. The van der Waals surface area contributed by atoms with Crippen LogP contribution < -0.4 is 10.6 Å². The van der Waals surface area contributed by atoms with Crippen molar-refractivity contribution in [1.29, 1.82) is 0 Å². The Bertz CT molecular complexity index is 303. The number of ether oxygens (including phenoxy) is 1. The second-order valence-electron chi connectivity index (χ2n) is 5.14. The number of carbonyl (C=O) groups is 2. The number of urea groups is 1. The summed E-state index contributed by atoms with van der Waals surface area (Å²) >= 11 is 0. The van der Waals surface area contributed by atoms with E-state index in [9.17, 15) is 9.59 Å². The Hall–Kier alpha value is -1.30. The maximum Gasteiger partial charge on any atom is 0.315 e. The minimum absolute atomic E-state index is 0.142. The normalized spacial score (nSPS) is 23.3. The van der Waals surface area contributed by atoms with Gasteiger partial charge in [-0.3, -0.25) is 4.79 Å². The van der Waals surface area contributed by atoms with E-state index in [1.165, 1.54) is 0 Å². The molecule has 6 nitrogen and oxygen atoms in total. The van der Waals surface area contributed by atoms with Crippen LogP contribution in [0.4, 0.5) is 4.79 Å². The van der Waals surface area contributed by atoms with Gasteiger partial charge in [0, 0.05) is 25.6 Å². The molecule has 1 rings (SSSR count). The average molecular weight is 272 g/mol. The number of carboxylic acid groups (broad SMARTS) is 1. The van der Waals surface area contributed by atoms with Gasteiger partial charge in [0.05, 0.1) is 6.10 Å². The predicted molar refractivity (Wildman–Crippen MR) is 71.0 cm³/mol. The molecule has 1 aliphatic carbocycles. The Morgan fingerprint density at radius 1 is 1.42 bits per heavy atom. The number of carboxylic acids is 1. The van der Waals surface area contributed by atoms with Crippen LogP contribution in [-0.4, -0.2) is 42.4 Å². The van der Waals surface area contributed by atoms with Gasteiger partial charge in [-0.15, -0.1) is 0 Å². The van der Waals surface area contributed by atoms with E-state index in [-0.39, 0.29) is 30.5 Å². The molecule has 0 aliphatic heterocycles. The summed E-state index contributed by atoms with van der Waals surface area (Å²) < 4.78 is 5.41. The van der Waals surface area contributed by atoms with Crippen LogP contribution in [0.5, 0.6) is 0 Å². The lowest BCUT2D eigenvalue weighted by Gasteiger charge is -2.35. The Balaban J connectivity index is 2.04. The van der Waals surface area contributed by atoms with Gasteiger partial charge in [0.25, 0.3) is 0 Å². The largest absolute Gasteiger partial charge is 0.481 e. The van der Waals surface area contributed by atoms with Gasteiger partial charge in [0.15, 0.2) is 0 Å². The molecule has 1 atom stereocenters. The summed E-state index contributed by atoms with van der Waals surface area (Å²) in [5.41, 5.74) is 0. The number of nitrogens with one attached hydrogen (secondary N) is 2. The topological polar surface area (TPSA) is 87.7 Å². The first kappa shape index (κ1) is 15.8. The summed E-state index contributed by atoms with van der Waals surface area (Å²) in [7, 11) is 0. The molecular formula is C13H24N2O4. The quantitative estimate of drug-likeness (QED) is 0.622. The summed E-state index contributed by atoms with van der Waals surface area (Å²) in [6.45, 7) is 5.11.